The van der Waals surface area contributed by atoms with Gasteiger partial charge in [-0.2, -0.15) is 0 Å². The van der Waals surface area contributed by atoms with E-state index in [-0.39, 0.29) is 12.0 Å². The summed E-state index contributed by atoms with van der Waals surface area (Å²) < 4.78 is 5.69. The first-order valence-corrected chi connectivity index (χ1v) is 7.37. The quantitative estimate of drug-likeness (QED) is 0.870. The van der Waals surface area contributed by atoms with Gasteiger partial charge in [0.1, 0.15) is 10.8 Å². The summed E-state index contributed by atoms with van der Waals surface area (Å²) in [5.74, 6) is 1.04. The number of nitrogens with zero attached hydrogens (tertiary/aromatic N) is 1. The Labute approximate surface area is 130 Å². The number of benzene rings is 1. The van der Waals surface area contributed by atoms with Gasteiger partial charge in [0.2, 0.25) is 5.88 Å². The van der Waals surface area contributed by atoms with Gasteiger partial charge >= 0.3 is 0 Å². The molecule has 0 spiro atoms. The number of pyridine rings is 1. The predicted molar refractivity (Wildman–Crippen MR) is 85.0 cm³/mol. The molecule has 1 heterocycles. The topological polar surface area (TPSA) is 42.4 Å². The molecular formula is C17H20ClNO2. The summed E-state index contributed by atoms with van der Waals surface area (Å²) in [4.78, 5) is 4.12. The van der Waals surface area contributed by atoms with Crippen LogP contribution in [0.2, 0.25) is 5.02 Å². The van der Waals surface area contributed by atoms with Gasteiger partial charge < -0.3 is 9.84 Å². The highest BCUT2D eigenvalue weighted by Gasteiger charge is 2.17. The van der Waals surface area contributed by atoms with Crippen LogP contribution in [0.4, 0.5) is 0 Å². The molecule has 0 radical (unpaired) electrons. The van der Waals surface area contributed by atoms with Gasteiger partial charge in [-0.15, -0.1) is 0 Å². The first kappa shape index (κ1) is 15.8. The number of aliphatic hydroxyl groups excluding tert-OH is 1. The molecule has 112 valence electrons. The summed E-state index contributed by atoms with van der Waals surface area (Å²) in [5.41, 5.74) is 2.08. The van der Waals surface area contributed by atoms with Crippen LogP contribution >= 0.6 is 11.6 Å². The molecule has 0 unspecified atom stereocenters. The van der Waals surface area contributed by atoms with E-state index < -0.39 is 0 Å². The largest absolute Gasteiger partial charge is 0.438 e. The maximum atomic E-state index is 9.03. The van der Waals surface area contributed by atoms with Crippen molar-refractivity contribution in [3.05, 3.63) is 52.7 Å². The molecule has 0 aliphatic heterocycles. The minimum Gasteiger partial charge on any atom is -0.438 e. The van der Waals surface area contributed by atoms with E-state index >= 15 is 0 Å². The van der Waals surface area contributed by atoms with E-state index in [4.69, 9.17) is 21.4 Å². The third kappa shape index (κ3) is 3.74. The Kier molecular flexibility index (Phi) is 4.86. The Hall–Kier alpha value is -1.58. The molecule has 1 N–H and O–H groups in total. The zero-order valence-electron chi connectivity index (χ0n) is 12.6. The van der Waals surface area contributed by atoms with E-state index in [1.165, 1.54) is 5.56 Å². The second-order valence-electron chi connectivity index (χ2n) is 5.65. The first-order chi connectivity index (χ1) is 9.96. The molecule has 2 rings (SSSR count). The lowest BCUT2D eigenvalue weighted by Crippen LogP contribution is -2.14. The summed E-state index contributed by atoms with van der Waals surface area (Å²) in [6, 6.07) is 9.62. The van der Waals surface area contributed by atoms with E-state index in [2.05, 4.69) is 37.9 Å². The van der Waals surface area contributed by atoms with Crippen LogP contribution in [0.5, 0.6) is 11.6 Å². The SMILES string of the molecule is CCC(C)(C)c1ccc(Oc2ncc(CO)cc2Cl)cc1. The van der Waals surface area contributed by atoms with Crippen LogP contribution in [0, 0.1) is 0 Å². The summed E-state index contributed by atoms with van der Waals surface area (Å²) in [7, 11) is 0. The molecule has 3 nitrogen and oxygen atoms in total. The number of rotatable bonds is 5. The molecule has 2 aromatic rings. The molecule has 0 atom stereocenters. The molecule has 1 aromatic heterocycles. The van der Waals surface area contributed by atoms with Gasteiger partial charge in [-0.05, 0) is 41.2 Å². The van der Waals surface area contributed by atoms with Crippen molar-refractivity contribution in [2.45, 2.75) is 39.2 Å². The van der Waals surface area contributed by atoms with Crippen molar-refractivity contribution >= 4 is 11.6 Å². The molecule has 0 bridgehead atoms. The lowest BCUT2D eigenvalue weighted by Gasteiger charge is -2.23. The van der Waals surface area contributed by atoms with Gasteiger partial charge in [-0.25, -0.2) is 4.98 Å². The fourth-order valence-electron chi connectivity index (χ4n) is 1.92. The van der Waals surface area contributed by atoms with Gasteiger partial charge in [0.25, 0.3) is 0 Å². The third-order valence-electron chi connectivity index (χ3n) is 3.78. The average Bonchev–Trinajstić information content (AvgIpc) is 2.50. The predicted octanol–water partition coefficient (Wildman–Crippen LogP) is 4.71. The van der Waals surface area contributed by atoms with Crippen molar-refractivity contribution in [3.8, 4) is 11.6 Å². The van der Waals surface area contributed by atoms with Crippen LogP contribution in [-0.2, 0) is 12.0 Å². The summed E-state index contributed by atoms with van der Waals surface area (Å²) >= 11 is 6.09. The number of hydrogen-bond acceptors (Lipinski definition) is 3. The van der Waals surface area contributed by atoms with Crippen molar-refractivity contribution in [1.29, 1.82) is 0 Å². The highest BCUT2D eigenvalue weighted by molar-refractivity contribution is 6.31. The Morgan fingerprint density at radius 2 is 1.90 bits per heavy atom. The fourth-order valence-corrected chi connectivity index (χ4v) is 2.14. The molecule has 1 aromatic carbocycles. The van der Waals surface area contributed by atoms with E-state index in [0.717, 1.165) is 6.42 Å². The van der Waals surface area contributed by atoms with Gasteiger partial charge in [0.05, 0.1) is 6.61 Å². The van der Waals surface area contributed by atoms with Crippen LogP contribution in [0.3, 0.4) is 0 Å². The van der Waals surface area contributed by atoms with Crippen molar-refractivity contribution in [1.82, 2.24) is 4.98 Å². The fraction of sp³-hybridized carbons (Fsp3) is 0.353. The molecule has 0 aliphatic rings. The van der Waals surface area contributed by atoms with Crippen LogP contribution in [0.25, 0.3) is 0 Å². The van der Waals surface area contributed by atoms with Crippen molar-refractivity contribution in [2.24, 2.45) is 0 Å². The van der Waals surface area contributed by atoms with Gasteiger partial charge in [-0.1, -0.05) is 44.5 Å². The van der Waals surface area contributed by atoms with Crippen molar-refractivity contribution in [2.75, 3.05) is 0 Å². The summed E-state index contributed by atoms with van der Waals surface area (Å²) in [6.45, 7) is 6.52. The molecule has 0 amide bonds. The Bertz CT molecular complexity index is 609. The highest BCUT2D eigenvalue weighted by Crippen LogP contribution is 2.31. The van der Waals surface area contributed by atoms with Crippen LogP contribution < -0.4 is 4.74 Å². The molecule has 0 aliphatic carbocycles. The zero-order valence-corrected chi connectivity index (χ0v) is 13.3. The van der Waals surface area contributed by atoms with Gasteiger partial charge in [0.15, 0.2) is 0 Å². The molecule has 21 heavy (non-hydrogen) atoms. The van der Waals surface area contributed by atoms with Crippen LogP contribution in [0.1, 0.15) is 38.3 Å². The van der Waals surface area contributed by atoms with Crippen LogP contribution in [-0.4, -0.2) is 10.1 Å². The second-order valence-corrected chi connectivity index (χ2v) is 6.06. The van der Waals surface area contributed by atoms with Crippen LogP contribution in [0.15, 0.2) is 36.5 Å². The van der Waals surface area contributed by atoms with E-state index in [9.17, 15) is 0 Å². The average molecular weight is 306 g/mol. The smallest absolute Gasteiger partial charge is 0.238 e. The number of hydrogen-bond donors (Lipinski definition) is 1. The molecular weight excluding hydrogens is 286 g/mol. The number of aliphatic hydroxyl groups is 1. The summed E-state index contributed by atoms with van der Waals surface area (Å²) in [5, 5.41) is 9.42. The zero-order chi connectivity index (χ0) is 15.5. The normalized spacial score (nSPS) is 11.5. The van der Waals surface area contributed by atoms with E-state index in [0.29, 0.717) is 22.2 Å². The highest BCUT2D eigenvalue weighted by atomic mass is 35.5. The van der Waals surface area contributed by atoms with Crippen molar-refractivity contribution < 1.29 is 9.84 Å². The minimum absolute atomic E-state index is 0.0895. The van der Waals surface area contributed by atoms with Gasteiger partial charge in [-0.3, -0.25) is 0 Å². The third-order valence-corrected chi connectivity index (χ3v) is 4.05. The second kappa shape index (κ2) is 6.46. The Morgan fingerprint density at radius 1 is 1.24 bits per heavy atom. The lowest BCUT2D eigenvalue weighted by atomic mass is 9.82. The Balaban J connectivity index is 2.17. The number of aromatic nitrogens is 1. The maximum absolute atomic E-state index is 9.03. The number of halogens is 1. The first-order valence-electron chi connectivity index (χ1n) is 7.00. The van der Waals surface area contributed by atoms with Gasteiger partial charge in [0, 0.05) is 6.20 Å². The summed E-state index contributed by atoms with van der Waals surface area (Å²) in [6.07, 6.45) is 2.62. The standard InChI is InChI=1S/C17H20ClNO2/c1-4-17(2,3)13-5-7-14(8-6-13)21-16-15(18)9-12(11-20)10-19-16/h5-10,20H,4,11H2,1-3H3. The monoisotopic (exact) mass is 305 g/mol. The Morgan fingerprint density at radius 3 is 2.43 bits per heavy atom. The van der Waals surface area contributed by atoms with E-state index in [1.54, 1.807) is 12.3 Å². The molecule has 0 saturated heterocycles. The minimum atomic E-state index is -0.0895. The number of ether oxygens (including phenoxy) is 1. The molecule has 0 fully saturated rings. The van der Waals surface area contributed by atoms with E-state index in [1.807, 2.05) is 12.1 Å². The molecule has 0 saturated carbocycles. The molecule has 4 heteroatoms. The lowest BCUT2D eigenvalue weighted by molar-refractivity contribution is 0.281. The van der Waals surface area contributed by atoms with Crippen molar-refractivity contribution in [3.63, 3.8) is 0 Å². The maximum Gasteiger partial charge on any atom is 0.238 e.